The zero-order chi connectivity index (χ0) is 15.5. The number of rotatable bonds is 5. The summed E-state index contributed by atoms with van der Waals surface area (Å²) in [4.78, 5) is -0.00296. The second kappa shape index (κ2) is 6.85. The van der Waals surface area contributed by atoms with Crippen molar-refractivity contribution in [3.63, 3.8) is 0 Å². The Morgan fingerprint density at radius 3 is 2.81 bits per heavy atom. The lowest BCUT2D eigenvalue weighted by Crippen LogP contribution is -2.31. The molecule has 2 atom stereocenters. The highest BCUT2D eigenvalue weighted by atomic mass is 32.2. The third kappa shape index (κ3) is 4.25. The van der Waals surface area contributed by atoms with Gasteiger partial charge in [0.1, 0.15) is 5.82 Å². The van der Waals surface area contributed by atoms with E-state index in [9.17, 15) is 12.8 Å². The van der Waals surface area contributed by atoms with Crippen LogP contribution in [0.2, 0.25) is 0 Å². The van der Waals surface area contributed by atoms with Gasteiger partial charge in [-0.15, -0.1) is 0 Å². The molecule has 21 heavy (non-hydrogen) atoms. The molecule has 1 saturated carbocycles. The average molecular weight is 315 g/mol. The summed E-state index contributed by atoms with van der Waals surface area (Å²) in [6.07, 6.45) is 4.42. The zero-order valence-electron chi connectivity index (χ0n) is 12.2. The summed E-state index contributed by atoms with van der Waals surface area (Å²) in [5, 5.41) is 9.02. The second-order valence-electron chi connectivity index (χ2n) is 5.90. The molecule has 118 valence electrons. The Kier molecular flexibility index (Phi) is 5.35. The Hall–Kier alpha value is -0.980. The SMILES string of the molecule is CC1CCCC(CNS(=O)(=O)c2ccc(F)c(CO)c2)C1. The lowest BCUT2D eigenvalue weighted by Gasteiger charge is -2.26. The predicted octanol–water partition coefficient (Wildman–Crippen LogP) is 2.42. The molecule has 2 N–H and O–H groups in total. The lowest BCUT2D eigenvalue weighted by molar-refractivity contribution is 0.275. The third-order valence-electron chi connectivity index (χ3n) is 4.10. The van der Waals surface area contributed by atoms with E-state index in [0.29, 0.717) is 18.4 Å². The Bertz CT molecular complexity index is 589. The van der Waals surface area contributed by atoms with Crippen LogP contribution in [-0.4, -0.2) is 20.1 Å². The van der Waals surface area contributed by atoms with Crippen LogP contribution in [0.15, 0.2) is 23.1 Å². The summed E-state index contributed by atoms with van der Waals surface area (Å²) in [7, 11) is -3.65. The molecule has 4 nitrogen and oxygen atoms in total. The molecule has 1 aromatic carbocycles. The van der Waals surface area contributed by atoms with Gasteiger partial charge in [0.2, 0.25) is 10.0 Å². The highest BCUT2D eigenvalue weighted by Gasteiger charge is 2.22. The largest absolute Gasteiger partial charge is 0.392 e. The molecular formula is C15H22FNO3S. The van der Waals surface area contributed by atoms with Crippen LogP contribution in [0.25, 0.3) is 0 Å². The highest BCUT2D eigenvalue weighted by molar-refractivity contribution is 7.89. The summed E-state index contributed by atoms with van der Waals surface area (Å²) in [6.45, 7) is 2.09. The van der Waals surface area contributed by atoms with Crippen LogP contribution in [0, 0.1) is 17.7 Å². The van der Waals surface area contributed by atoms with Crippen molar-refractivity contribution in [2.75, 3.05) is 6.54 Å². The van der Waals surface area contributed by atoms with Crippen molar-refractivity contribution in [3.8, 4) is 0 Å². The summed E-state index contributed by atoms with van der Waals surface area (Å²) >= 11 is 0. The molecule has 0 aliphatic heterocycles. The van der Waals surface area contributed by atoms with E-state index in [4.69, 9.17) is 5.11 Å². The minimum absolute atomic E-state index is 0.00296. The van der Waals surface area contributed by atoms with Crippen LogP contribution in [0.4, 0.5) is 4.39 Å². The van der Waals surface area contributed by atoms with Crippen LogP contribution >= 0.6 is 0 Å². The van der Waals surface area contributed by atoms with Gasteiger partial charge in [-0.05, 0) is 42.9 Å². The van der Waals surface area contributed by atoms with Crippen molar-refractivity contribution in [1.82, 2.24) is 4.72 Å². The van der Waals surface area contributed by atoms with Gasteiger partial charge in [0, 0.05) is 12.1 Å². The highest BCUT2D eigenvalue weighted by Crippen LogP contribution is 2.28. The van der Waals surface area contributed by atoms with E-state index in [1.54, 1.807) is 0 Å². The molecule has 6 heteroatoms. The zero-order valence-corrected chi connectivity index (χ0v) is 13.0. The van der Waals surface area contributed by atoms with Gasteiger partial charge >= 0.3 is 0 Å². The van der Waals surface area contributed by atoms with E-state index in [1.807, 2.05) is 0 Å². The molecule has 0 aromatic heterocycles. The first-order valence-corrected chi connectivity index (χ1v) is 8.79. The Morgan fingerprint density at radius 1 is 1.38 bits per heavy atom. The second-order valence-corrected chi connectivity index (χ2v) is 7.67. The van der Waals surface area contributed by atoms with Gasteiger partial charge in [-0.1, -0.05) is 19.8 Å². The number of benzene rings is 1. The van der Waals surface area contributed by atoms with Crippen molar-refractivity contribution in [1.29, 1.82) is 0 Å². The van der Waals surface area contributed by atoms with E-state index in [2.05, 4.69) is 11.6 Å². The Balaban J connectivity index is 2.04. The molecule has 0 spiro atoms. The number of sulfonamides is 1. The minimum atomic E-state index is -3.65. The fourth-order valence-corrected chi connectivity index (χ4v) is 4.06. The van der Waals surface area contributed by atoms with Crippen LogP contribution in [0.3, 0.4) is 0 Å². The molecule has 2 unspecified atom stereocenters. The lowest BCUT2D eigenvalue weighted by atomic mass is 9.83. The standard InChI is InChI=1S/C15H22FNO3S/c1-11-3-2-4-12(7-11)9-17-21(19,20)14-5-6-15(16)13(8-14)10-18/h5-6,8,11-12,17-18H,2-4,7,9-10H2,1H3. The molecule has 0 bridgehead atoms. The summed E-state index contributed by atoms with van der Waals surface area (Å²) in [5.41, 5.74) is -0.0100. The maximum Gasteiger partial charge on any atom is 0.240 e. The molecule has 1 fully saturated rings. The van der Waals surface area contributed by atoms with Crippen LogP contribution in [-0.2, 0) is 16.6 Å². The van der Waals surface area contributed by atoms with E-state index in [0.717, 1.165) is 25.3 Å². The smallest absolute Gasteiger partial charge is 0.240 e. The topological polar surface area (TPSA) is 66.4 Å². The van der Waals surface area contributed by atoms with E-state index >= 15 is 0 Å². The summed E-state index contributed by atoms with van der Waals surface area (Å²) < 4.78 is 40.3. The van der Waals surface area contributed by atoms with E-state index in [1.165, 1.54) is 18.6 Å². The van der Waals surface area contributed by atoms with Crippen molar-refractivity contribution >= 4 is 10.0 Å². The number of halogens is 1. The quantitative estimate of drug-likeness (QED) is 0.877. The molecule has 1 aliphatic carbocycles. The number of aliphatic hydroxyl groups is 1. The van der Waals surface area contributed by atoms with Gasteiger partial charge in [-0.2, -0.15) is 0 Å². The van der Waals surface area contributed by atoms with Crippen LogP contribution in [0.5, 0.6) is 0 Å². The molecule has 0 amide bonds. The first kappa shape index (κ1) is 16.4. The molecule has 2 rings (SSSR count). The summed E-state index contributed by atoms with van der Waals surface area (Å²) in [6, 6.07) is 3.48. The fraction of sp³-hybridized carbons (Fsp3) is 0.600. The van der Waals surface area contributed by atoms with Crippen molar-refractivity contribution in [2.24, 2.45) is 11.8 Å². The van der Waals surface area contributed by atoms with Crippen molar-refractivity contribution < 1.29 is 17.9 Å². The number of aliphatic hydroxyl groups excluding tert-OH is 1. The molecule has 0 heterocycles. The monoisotopic (exact) mass is 315 g/mol. The van der Waals surface area contributed by atoms with Crippen LogP contribution in [0.1, 0.15) is 38.2 Å². The third-order valence-corrected chi connectivity index (χ3v) is 5.53. The fourth-order valence-electron chi connectivity index (χ4n) is 2.90. The van der Waals surface area contributed by atoms with Crippen LogP contribution < -0.4 is 4.72 Å². The Labute approximate surface area is 125 Å². The number of nitrogens with one attached hydrogen (secondary N) is 1. The molecule has 0 saturated heterocycles. The summed E-state index contributed by atoms with van der Waals surface area (Å²) in [5.74, 6) is 0.402. The molecule has 1 aliphatic rings. The van der Waals surface area contributed by atoms with Gasteiger partial charge in [0.25, 0.3) is 0 Å². The maximum absolute atomic E-state index is 13.3. The van der Waals surface area contributed by atoms with Crippen molar-refractivity contribution in [3.05, 3.63) is 29.6 Å². The Morgan fingerprint density at radius 2 is 2.14 bits per heavy atom. The van der Waals surface area contributed by atoms with Gasteiger partial charge in [-0.25, -0.2) is 17.5 Å². The minimum Gasteiger partial charge on any atom is -0.392 e. The number of hydrogen-bond donors (Lipinski definition) is 2. The normalized spacial score (nSPS) is 23.2. The first-order valence-electron chi connectivity index (χ1n) is 7.31. The molecule has 1 aromatic rings. The number of hydrogen-bond acceptors (Lipinski definition) is 3. The molecular weight excluding hydrogens is 293 g/mol. The van der Waals surface area contributed by atoms with E-state index in [-0.39, 0.29) is 10.5 Å². The van der Waals surface area contributed by atoms with Crippen molar-refractivity contribution in [2.45, 2.75) is 44.1 Å². The van der Waals surface area contributed by atoms with Gasteiger partial charge in [0.05, 0.1) is 11.5 Å². The van der Waals surface area contributed by atoms with Gasteiger partial charge in [0.15, 0.2) is 0 Å². The molecule has 0 radical (unpaired) electrons. The average Bonchev–Trinajstić information content (AvgIpc) is 2.46. The van der Waals surface area contributed by atoms with E-state index < -0.39 is 22.4 Å². The van der Waals surface area contributed by atoms with Gasteiger partial charge < -0.3 is 5.11 Å². The predicted molar refractivity (Wildman–Crippen MR) is 78.6 cm³/mol. The van der Waals surface area contributed by atoms with Gasteiger partial charge in [-0.3, -0.25) is 0 Å². The maximum atomic E-state index is 13.3. The first-order chi connectivity index (χ1) is 9.92.